The highest BCUT2D eigenvalue weighted by Crippen LogP contribution is 2.21. The highest BCUT2D eigenvalue weighted by Gasteiger charge is 2.13. The average molecular weight is 344 g/mol. The molecular weight excluding hydrogens is 316 g/mol. The molecule has 1 aromatic heterocycles. The SMILES string of the molecule is CC(C)c1nc2cc(CC(=O)NCCN3CCOCC3)ccc2n1C. The zero-order chi connectivity index (χ0) is 17.8. The molecule has 3 rings (SSSR count). The quantitative estimate of drug-likeness (QED) is 0.866. The highest BCUT2D eigenvalue weighted by molar-refractivity contribution is 5.82. The number of aryl methyl sites for hydroxylation is 1. The molecule has 2 aromatic rings. The third-order valence-corrected chi connectivity index (χ3v) is 4.71. The van der Waals surface area contributed by atoms with Crippen molar-refractivity contribution >= 4 is 16.9 Å². The Kier molecular flexibility index (Phi) is 5.71. The van der Waals surface area contributed by atoms with Crippen molar-refractivity contribution in [2.24, 2.45) is 7.05 Å². The number of imidazole rings is 1. The number of benzene rings is 1. The van der Waals surface area contributed by atoms with Crippen LogP contribution in [0.5, 0.6) is 0 Å². The molecule has 6 nitrogen and oxygen atoms in total. The van der Waals surface area contributed by atoms with Gasteiger partial charge in [-0.3, -0.25) is 9.69 Å². The Hall–Kier alpha value is -1.92. The van der Waals surface area contributed by atoms with E-state index in [1.165, 1.54) is 0 Å². The molecule has 0 bridgehead atoms. The van der Waals surface area contributed by atoms with Gasteiger partial charge in [-0.2, -0.15) is 0 Å². The van der Waals surface area contributed by atoms with Crippen LogP contribution >= 0.6 is 0 Å². The standard InChI is InChI=1S/C19H28N4O2/c1-14(2)19-21-16-12-15(4-5-17(16)22(19)3)13-18(24)20-6-7-23-8-10-25-11-9-23/h4-5,12,14H,6-11,13H2,1-3H3,(H,20,24). The molecule has 0 spiro atoms. The second-order valence-electron chi connectivity index (χ2n) is 6.99. The average Bonchev–Trinajstić information content (AvgIpc) is 2.92. The van der Waals surface area contributed by atoms with Crippen LogP contribution in [0.3, 0.4) is 0 Å². The number of nitrogens with zero attached hydrogens (tertiary/aromatic N) is 3. The fourth-order valence-electron chi connectivity index (χ4n) is 3.32. The number of morpholine rings is 1. The molecule has 2 heterocycles. The van der Waals surface area contributed by atoms with Gasteiger partial charge in [-0.25, -0.2) is 4.98 Å². The van der Waals surface area contributed by atoms with E-state index in [0.29, 0.717) is 18.9 Å². The molecule has 0 radical (unpaired) electrons. The summed E-state index contributed by atoms with van der Waals surface area (Å²) in [5, 5.41) is 3.01. The Morgan fingerprint density at radius 1 is 1.32 bits per heavy atom. The number of hydrogen-bond donors (Lipinski definition) is 1. The first-order valence-corrected chi connectivity index (χ1v) is 9.06. The number of fused-ring (bicyclic) bond motifs is 1. The first kappa shape index (κ1) is 17.9. The Balaban J connectivity index is 1.55. The van der Waals surface area contributed by atoms with Crippen LogP contribution in [0.1, 0.15) is 31.2 Å². The maximum Gasteiger partial charge on any atom is 0.224 e. The van der Waals surface area contributed by atoms with Crippen molar-refractivity contribution in [3.63, 3.8) is 0 Å². The summed E-state index contributed by atoms with van der Waals surface area (Å²) in [6.45, 7) is 9.32. The van der Waals surface area contributed by atoms with Crippen molar-refractivity contribution in [3.05, 3.63) is 29.6 Å². The fraction of sp³-hybridized carbons (Fsp3) is 0.579. The molecule has 0 atom stereocenters. The number of rotatable bonds is 6. The minimum Gasteiger partial charge on any atom is -0.379 e. The number of carbonyl (C=O) groups is 1. The van der Waals surface area contributed by atoms with Crippen molar-refractivity contribution in [3.8, 4) is 0 Å². The van der Waals surface area contributed by atoms with E-state index in [4.69, 9.17) is 9.72 Å². The topological polar surface area (TPSA) is 59.4 Å². The van der Waals surface area contributed by atoms with E-state index in [9.17, 15) is 4.79 Å². The number of nitrogens with one attached hydrogen (secondary N) is 1. The van der Waals surface area contributed by atoms with Gasteiger partial charge in [0.15, 0.2) is 0 Å². The lowest BCUT2D eigenvalue weighted by atomic mass is 10.1. The van der Waals surface area contributed by atoms with Crippen molar-refractivity contribution in [2.75, 3.05) is 39.4 Å². The molecule has 1 aliphatic rings. The number of carbonyl (C=O) groups excluding carboxylic acids is 1. The molecule has 1 saturated heterocycles. The summed E-state index contributed by atoms with van der Waals surface area (Å²) in [4.78, 5) is 19.2. The van der Waals surface area contributed by atoms with E-state index in [0.717, 1.165) is 55.3 Å². The molecule has 1 aliphatic heterocycles. The first-order chi connectivity index (χ1) is 12.0. The summed E-state index contributed by atoms with van der Waals surface area (Å²) in [5.74, 6) is 1.51. The van der Waals surface area contributed by atoms with Gasteiger partial charge < -0.3 is 14.6 Å². The van der Waals surface area contributed by atoms with E-state index in [2.05, 4.69) is 34.7 Å². The number of hydrogen-bond acceptors (Lipinski definition) is 4. The largest absolute Gasteiger partial charge is 0.379 e. The van der Waals surface area contributed by atoms with Gasteiger partial charge in [0.2, 0.25) is 5.91 Å². The molecule has 136 valence electrons. The predicted octanol–water partition coefficient (Wildman–Crippen LogP) is 1.69. The van der Waals surface area contributed by atoms with E-state index >= 15 is 0 Å². The van der Waals surface area contributed by atoms with Crippen molar-refractivity contribution < 1.29 is 9.53 Å². The smallest absolute Gasteiger partial charge is 0.224 e. The summed E-state index contributed by atoms with van der Waals surface area (Å²) in [5.41, 5.74) is 3.08. The van der Waals surface area contributed by atoms with Gasteiger partial charge in [0.25, 0.3) is 0 Å². The lowest BCUT2D eigenvalue weighted by Gasteiger charge is -2.26. The fourth-order valence-corrected chi connectivity index (χ4v) is 3.32. The van der Waals surface area contributed by atoms with Gasteiger partial charge >= 0.3 is 0 Å². The summed E-state index contributed by atoms with van der Waals surface area (Å²) >= 11 is 0. The highest BCUT2D eigenvalue weighted by atomic mass is 16.5. The second-order valence-corrected chi connectivity index (χ2v) is 6.99. The van der Waals surface area contributed by atoms with Crippen LogP contribution < -0.4 is 5.32 Å². The number of aromatic nitrogens is 2. The molecule has 0 aliphatic carbocycles. The molecule has 1 fully saturated rings. The number of ether oxygens (including phenoxy) is 1. The van der Waals surface area contributed by atoms with Gasteiger partial charge in [0.1, 0.15) is 5.82 Å². The molecule has 1 N–H and O–H groups in total. The monoisotopic (exact) mass is 344 g/mol. The minimum absolute atomic E-state index is 0.0626. The van der Waals surface area contributed by atoms with E-state index in [-0.39, 0.29) is 5.91 Å². The predicted molar refractivity (Wildman–Crippen MR) is 98.8 cm³/mol. The summed E-state index contributed by atoms with van der Waals surface area (Å²) in [6, 6.07) is 6.11. The van der Waals surface area contributed by atoms with Crippen LogP contribution in [0, 0.1) is 0 Å². The molecule has 0 saturated carbocycles. The van der Waals surface area contributed by atoms with Gasteiger partial charge in [-0.1, -0.05) is 19.9 Å². The lowest BCUT2D eigenvalue weighted by molar-refractivity contribution is -0.120. The van der Waals surface area contributed by atoms with Gasteiger partial charge in [-0.05, 0) is 17.7 Å². The third kappa shape index (κ3) is 4.38. The van der Waals surface area contributed by atoms with Crippen LogP contribution in [0.2, 0.25) is 0 Å². The zero-order valence-electron chi connectivity index (χ0n) is 15.4. The van der Waals surface area contributed by atoms with Gasteiger partial charge in [-0.15, -0.1) is 0 Å². The van der Waals surface area contributed by atoms with Gasteiger partial charge in [0.05, 0.1) is 30.7 Å². The van der Waals surface area contributed by atoms with Gasteiger partial charge in [0, 0.05) is 39.1 Å². The zero-order valence-corrected chi connectivity index (χ0v) is 15.4. The molecule has 1 aromatic carbocycles. The second kappa shape index (κ2) is 7.97. The van der Waals surface area contributed by atoms with Crippen LogP contribution in [0.15, 0.2) is 18.2 Å². The minimum atomic E-state index is 0.0626. The number of amides is 1. The Bertz CT molecular complexity index is 732. The Labute approximate surface area is 149 Å². The summed E-state index contributed by atoms with van der Waals surface area (Å²) < 4.78 is 7.46. The van der Waals surface area contributed by atoms with Crippen LogP contribution in [0.25, 0.3) is 11.0 Å². The first-order valence-electron chi connectivity index (χ1n) is 9.06. The van der Waals surface area contributed by atoms with Crippen LogP contribution in [-0.2, 0) is 23.0 Å². The van der Waals surface area contributed by atoms with E-state index in [1.807, 2.05) is 19.2 Å². The van der Waals surface area contributed by atoms with Crippen molar-refractivity contribution in [1.82, 2.24) is 19.8 Å². The molecule has 25 heavy (non-hydrogen) atoms. The van der Waals surface area contributed by atoms with E-state index in [1.54, 1.807) is 0 Å². The van der Waals surface area contributed by atoms with Crippen LogP contribution in [-0.4, -0.2) is 59.8 Å². The van der Waals surface area contributed by atoms with Crippen molar-refractivity contribution in [1.29, 1.82) is 0 Å². The maximum atomic E-state index is 12.2. The van der Waals surface area contributed by atoms with Crippen molar-refractivity contribution in [2.45, 2.75) is 26.2 Å². The summed E-state index contributed by atoms with van der Waals surface area (Å²) in [6.07, 6.45) is 0.395. The molecular formula is C19H28N4O2. The molecule has 0 unspecified atom stereocenters. The molecule has 6 heteroatoms. The lowest BCUT2D eigenvalue weighted by Crippen LogP contribution is -2.41. The molecule has 1 amide bonds. The third-order valence-electron chi connectivity index (χ3n) is 4.71. The van der Waals surface area contributed by atoms with Crippen LogP contribution in [0.4, 0.5) is 0 Å². The summed E-state index contributed by atoms with van der Waals surface area (Å²) in [7, 11) is 2.04. The normalized spacial score (nSPS) is 15.8. The maximum absolute atomic E-state index is 12.2. The Morgan fingerprint density at radius 2 is 2.08 bits per heavy atom. The van der Waals surface area contributed by atoms with E-state index < -0.39 is 0 Å². The Morgan fingerprint density at radius 3 is 2.80 bits per heavy atom.